The Bertz CT molecular complexity index is 434. The maximum absolute atomic E-state index is 11.7. The first-order chi connectivity index (χ1) is 9.65. The van der Waals surface area contributed by atoms with Crippen molar-refractivity contribution in [1.29, 1.82) is 0 Å². The fraction of sp³-hybridized carbons (Fsp3) is 0.533. The van der Waals surface area contributed by atoms with E-state index < -0.39 is 0 Å². The molecular formula is C15H23NO4. The molecule has 0 heterocycles. The molecule has 0 bridgehead atoms. The summed E-state index contributed by atoms with van der Waals surface area (Å²) >= 11 is 0. The van der Waals surface area contributed by atoms with E-state index in [0.29, 0.717) is 6.61 Å². The van der Waals surface area contributed by atoms with E-state index in [1.165, 1.54) is 0 Å². The highest BCUT2D eigenvalue weighted by molar-refractivity contribution is 5.70. The molecule has 20 heavy (non-hydrogen) atoms. The van der Waals surface area contributed by atoms with E-state index in [1.54, 1.807) is 21.1 Å². The van der Waals surface area contributed by atoms with Crippen LogP contribution in [0.25, 0.3) is 0 Å². The van der Waals surface area contributed by atoms with E-state index in [2.05, 4.69) is 5.32 Å². The normalized spacial score (nSPS) is 11.8. The monoisotopic (exact) mass is 281 g/mol. The van der Waals surface area contributed by atoms with Crippen LogP contribution in [-0.4, -0.2) is 33.3 Å². The largest absolute Gasteiger partial charge is 0.497 e. The van der Waals surface area contributed by atoms with Crippen molar-refractivity contribution in [3.8, 4) is 11.5 Å². The van der Waals surface area contributed by atoms with E-state index in [1.807, 2.05) is 25.1 Å². The second-order valence-electron chi connectivity index (χ2n) is 4.23. The van der Waals surface area contributed by atoms with E-state index in [4.69, 9.17) is 14.2 Å². The lowest BCUT2D eigenvalue weighted by molar-refractivity contribution is -0.143. The first-order valence-electron chi connectivity index (χ1n) is 6.77. The Kier molecular flexibility index (Phi) is 6.87. The Morgan fingerprint density at radius 3 is 2.55 bits per heavy atom. The van der Waals surface area contributed by atoms with Crippen molar-refractivity contribution in [2.24, 2.45) is 0 Å². The van der Waals surface area contributed by atoms with Crippen molar-refractivity contribution < 1.29 is 19.0 Å². The summed E-state index contributed by atoms with van der Waals surface area (Å²) in [5.41, 5.74) is 0.891. The molecule has 1 N–H and O–H groups in total. The summed E-state index contributed by atoms with van der Waals surface area (Å²) < 4.78 is 15.6. The summed E-state index contributed by atoms with van der Waals surface area (Å²) in [7, 11) is 3.22. The molecule has 5 heteroatoms. The third-order valence-corrected chi connectivity index (χ3v) is 2.94. The maximum atomic E-state index is 11.7. The van der Waals surface area contributed by atoms with E-state index in [-0.39, 0.29) is 18.4 Å². The van der Waals surface area contributed by atoms with Gasteiger partial charge in [0.05, 0.1) is 27.2 Å². The standard InChI is InChI=1S/C15H23NO4/c1-5-16-13(10-15(17)20-6-2)12-9-11(18-3)7-8-14(12)19-4/h7-9,13,16H,5-6,10H2,1-4H3. The molecule has 1 unspecified atom stereocenters. The molecule has 1 atom stereocenters. The minimum atomic E-state index is -0.233. The van der Waals surface area contributed by atoms with E-state index >= 15 is 0 Å². The van der Waals surface area contributed by atoms with Crippen molar-refractivity contribution in [2.45, 2.75) is 26.3 Å². The zero-order chi connectivity index (χ0) is 15.0. The van der Waals surface area contributed by atoms with Gasteiger partial charge >= 0.3 is 5.97 Å². The van der Waals surface area contributed by atoms with Crippen LogP contribution in [0.4, 0.5) is 0 Å². The van der Waals surface area contributed by atoms with Crippen molar-refractivity contribution >= 4 is 5.97 Å². The Labute approximate surface area is 120 Å². The summed E-state index contributed by atoms with van der Waals surface area (Å²) in [4.78, 5) is 11.7. The second kappa shape index (κ2) is 8.43. The third-order valence-electron chi connectivity index (χ3n) is 2.94. The zero-order valence-corrected chi connectivity index (χ0v) is 12.6. The predicted molar refractivity (Wildman–Crippen MR) is 77.2 cm³/mol. The van der Waals surface area contributed by atoms with Crippen LogP contribution >= 0.6 is 0 Å². The van der Waals surface area contributed by atoms with Crippen LogP contribution in [0.3, 0.4) is 0 Å². The van der Waals surface area contributed by atoms with Crippen molar-refractivity contribution in [1.82, 2.24) is 5.32 Å². The third kappa shape index (κ3) is 4.42. The molecule has 0 aliphatic rings. The number of ether oxygens (including phenoxy) is 3. The molecule has 0 aliphatic carbocycles. The summed E-state index contributed by atoms with van der Waals surface area (Å²) in [5.74, 6) is 1.22. The number of hydrogen-bond acceptors (Lipinski definition) is 5. The minimum Gasteiger partial charge on any atom is -0.497 e. The summed E-state index contributed by atoms with van der Waals surface area (Å²) in [6, 6.07) is 5.38. The van der Waals surface area contributed by atoms with Crippen LogP contribution in [0.5, 0.6) is 11.5 Å². The van der Waals surface area contributed by atoms with Gasteiger partial charge < -0.3 is 19.5 Å². The number of hydrogen-bond donors (Lipinski definition) is 1. The van der Waals surface area contributed by atoms with E-state index in [0.717, 1.165) is 23.6 Å². The molecule has 5 nitrogen and oxygen atoms in total. The topological polar surface area (TPSA) is 56.8 Å². The van der Waals surface area contributed by atoms with E-state index in [9.17, 15) is 4.79 Å². The number of esters is 1. The minimum absolute atomic E-state index is 0.163. The highest BCUT2D eigenvalue weighted by Gasteiger charge is 2.20. The average Bonchev–Trinajstić information content (AvgIpc) is 2.46. The fourth-order valence-electron chi connectivity index (χ4n) is 2.04. The van der Waals surface area contributed by atoms with Gasteiger partial charge in [-0.25, -0.2) is 0 Å². The second-order valence-corrected chi connectivity index (χ2v) is 4.23. The van der Waals surface area contributed by atoms with Gasteiger partial charge in [-0.1, -0.05) is 6.92 Å². The highest BCUT2D eigenvalue weighted by atomic mass is 16.5. The first kappa shape index (κ1) is 16.3. The number of benzene rings is 1. The Balaban J connectivity index is 3.02. The lowest BCUT2D eigenvalue weighted by Crippen LogP contribution is -2.25. The maximum Gasteiger partial charge on any atom is 0.307 e. The number of rotatable bonds is 8. The average molecular weight is 281 g/mol. The van der Waals surface area contributed by atoms with Gasteiger partial charge in [-0.3, -0.25) is 4.79 Å². The first-order valence-corrected chi connectivity index (χ1v) is 6.77. The molecule has 0 saturated heterocycles. The van der Waals surface area contributed by atoms with Gasteiger partial charge in [-0.05, 0) is 31.7 Å². The molecule has 0 amide bonds. The van der Waals surface area contributed by atoms with Crippen LogP contribution in [0.2, 0.25) is 0 Å². The van der Waals surface area contributed by atoms with Crippen LogP contribution < -0.4 is 14.8 Å². The van der Waals surface area contributed by atoms with Crippen molar-refractivity contribution in [3.05, 3.63) is 23.8 Å². The predicted octanol–water partition coefficient (Wildman–Crippen LogP) is 2.31. The Hall–Kier alpha value is -1.75. The Morgan fingerprint density at radius 2 is 2.00 bits per heavy atom. The van der Waals surface area contributed by atoms with Gasteiger partial charge in [0.25, 0.3) is 0 Å². The number of nitrogens with one attached hydrogen (secondary N) is 1. The van der Waals surface area contributed by atoms with Gasteiger partial charge in [0.2, 0.25) is 0 Å². The summed E-state index contributed by atoms with van der Waals surface area (Å²) in [6.45, 7) is 4.91. The molecule has 0 fully saturated rings. The number of carbonyl (C=O) groups is 1. The van der Waals surface area contributed by atoms with Gasteiger partial charge in [0.1, 0.15) is 11.5 Å². The number of carbonyl (C=O) groups excluding carboxylic acids is 1. The van der Waals surface area contributed by atoms with Gasteiger partial charge in [-0.2, -0.15) is 0 Å². The molecule has 1 rings (SSSR count). The number of methoxy groups -OCH3 is 2. The molecule has 112 valence electrons. The van der Waals surface area contributed by atoms with Crippen LogP contribution in [0, 0.1) is 0 Å². The lowest BCUT2D eigenvalue weighted by atomic mass is 10.0. The van der Waals surface area contributed by atoms with Crippen LogP contribution in [-0.2, 0) is 9.53 Å². The van der Waals surface area contributed by atoms with Gasteiger partial charge in [0, 0.05) is 11.6 Å². The fourth-order valence-corrected chi connectivity index (χ4v) is 2.04. The molecule has 0 saturated carbocycles. The van der Waals surface area contributed by atoms with Crippen molar-refractivity contribution in [2.75, 3.05) is 27.4 Å². The van der Waals surface area contributed by atoms with Crippen LogP contribution in [0.15, 0.2) is 18.2 Å². The smallest absolute Gasteiger partial charge is 0.307 e. The molecular weight excluding hydrogens is 258 g/mol. The molecule has 1 aromatic rings. The van der Waals surface area contributed by atoms with Crippen molar-refractivity contribution in [3.63, 3.8) is 0 Å². The SMILES string of the molecule is CCNC(CC(=O)OCC)c1cc(OC)ccc1OC. The molecule has 0 radical (unpaired) electrons. The summed E-state index contributed by atoms with van der Waals surface area (Å²) in [6.07, 6.45) is 0.255. The Morgan fingerprint density at radius 1 is 1.25 bits per heavy atom. The van der Waals surface area contributed by atoms with Crippen LogP contribution in [0.1, 0.15) is 31.9 Å². The summed E-state index contributed by atoms with van der Waals surface area (Å²) in [5, 5.41) is 3.28. The molecule has 1 aromatic carbocycles. The van der Waals surface area contributed by atoms with Gasteiger partial charge in [-0.15, -0.1) is 0 Å². The quantitative estimate of drug-likeness (QED) is 0.741. The molecule has 0 spiro atoms. The highest BCUT2D eigenvalue weighted by Crippen LogP contribution is 2.31. The lowest BCUT2D eigenvalue weighted by Gasteiger charge is -2.20. The zero-order valence-electron chi connectivity index (χ0n) is 12.6. The molecule has 0 aromatic heterocycles. The van der Waals surface area contributed by atoms with Gasteiger partial charge in [0.15, 0.2) is 0 Å². The molecule has 0 aliphatic heterocycles.